The van der Waals surface area contributed by atoms with Crippen molar-refractivity contribution < 1.29 is 4.79 Å². The van der Waals surface area contributed by atoms with E-state index in [1.165, 1.54) is 6.42 Å². The molecule has 3 rings (SSSR count). The van der Waals surface area contributed by atoms with Crippen LogP contribution in [0.1, 0.15) is 36.1 Å². The lowest BCUT2D eigenvalue weighted by Crippen LogP contribution is -2.35. The summed E-state index contributed by atoms with van der Waals surface area (Å²) in [5.41, 5.74) is 0.913. The number of aryl methyl sites for hydroxylation is 1. The molecular weight excluding hydrogens is 359 g/mol. The van der Waals surface area contributed by atoms with Crippen LogP contribution in [0.25, 0.3) is 0 Å². The Hall–Kier alpha value is -1.85. The fourth-order valence-electron chi connectivity index (χ4n) is 3.00. The third kappa shape index (κ3) is 4.41. The molecule has 132 valence electrons. The lowest BCUT2D eigenvalue weighted by Gasteiger charge is -2.32. The highest BCUT2D eigenvalue weighted by molar-refractivity contribution is 6.42. The molecule has 25 heavy (non-hydrogen) atoms. The predicted molar refractivity (Wildman–Crippen MR) is 102 cm³/mol. The van der Waals surface area contributed by atoms with Crippen LogP contribution in [-0.4, -0.2) is 29.0 Å². The van der Waals surface area contributed by atoms with Crippen LogP contribution in [0.2, 0.25) is 10.0 Å². The number of nitrogens with one attached hydrogen (secondary N) is 1. The fourth-order valence-corrected chi connectivity index (χ4v) is 3.29. The normalized spacial score (nSPS) is 17.4. The van der Waals surface area contributed by atoms with Crippen LogP contribution in [0.5, 0.6) is 0 Å². The first kappa shape index (κ1) is 18.0. The summed E-state index contributed by atoms with van der Waals surface area (Å²) in [6, 6.07) is 6.71. The smallest absolute Gasteiger partial charge is 0.274 e. The van der Waals surface area contributed by atoms with Gasteiger partial charge in [0.05, 0.1) is 10.0 Å². The number of aromatic nitrogens is 2. The monoisotopic (exact) mass is 378 g/mol. The Balaban J connectivity index is 1.81. The molecule has 1 saturated heterocycles. The molecular formula is C18H20Cl2N4O. The number of halogens is 2. The maximum atomic E-state index is 12.6. The number of nitrogens with zero attached hydrogens (tertiary/aromatic N) is 3. The number of rotatable bonds is 3. The van der Waals surface area contributed by atoms with E-state index >= 15 is 0 Å². The molecule has 0 radical (unpaired) electrons. The Kier molecular flexibility index (Phi) is 5.45. The summed E-state index contributed by atoms with van der Waals surface area (Å²) >= 11 is 11.9. The quantitative estimate of drug-likeness (QED) is 0.848. The van der Waals surface area contributed by atoms with Crippen LogP contribution in [0.4, 0.5) is 11.5 Å². The average Bonchev–Trinajstić information content (AvgIpc) is 2.57. The lowest BCUT2D eigenvalue weighted by atomic mass is 10.0. The molecule has 1 N–H and O–H groups in total. The standard InChI is InChI=1S/C18H20Cl2N4O/c1-11-4-3-7-24(10-11)17-9-16(21-12(2)22-17)18(25)23-13-5-6-14(19)15(20)8-13/h5-6,8-9,11H,3-4,7,10H2,1-2H3,(H,23,25). The van der Waals surface area contributed by atoms with Gasteiger partial charge in [-0.05, 0) is 43.9 Å². The first-order chi connectivity index (χ1) is 11.9. The van der Waals surface area contributed by atoms with E-state index in [0.29, 0.717) is 33.2 Å². The Labute approximate surface area is 157 Å². The van der Waals surface area contributed by atoms with E-state index in [0.717, 1.165) is 25.3 Å². The number of hydrogen-bond donors (Lipinski definition) is 1. The second-order valence-electron chi connectivity index (χ2n) is 6.44. The number of benzene rings is 1. The summed E-state index contributed by atoms with van der Waals surface area (Å²) in [5, 5.41) is 3.64. The van der Waals surface area contributed by atoms with Gasteiger partial charge in [0.25, 0.3) is 5.91 Å². The summed E-state index contributed by atoms with van der Waals surface area (Å²) < 4.78 is 0. The number of carbonyl (C=O) groups is 1. The third-order valence-electron chi connectivity index (χ3n) is 4.22. The molecule has 1 fully saturated rings. The van der Waals surface area contributed by atoms with Gasteiger partial charge in [0.2, 0.25) is 0 Å². The number of hydrogen-bond acceptors (Lipinski definition) is 4. The van der Waals surface area contributed by atoms with Gasteiger partial charge in [-0.1, -0.05) is 30.1 Å². The molecule has 2 heterocycles. The number of anilines is 2. The van der Waals surface area contributed by atoms with Gasteiger partial charge in [-0.15, -0.1) is 0 Å². The molecule has 1 aromatic carbocycles. The highest BCUT2D eigenvalue weighted by atomic mass is 35.5. The fraction of sp³-hybridized carbons (Fsp3) is 0.389. The van der Waals surface area contributed by atoms with Gasteiger partial charge in [0.1, 0.15) is 17.3 Å². The predicted octanol–water partition coefficient (Wildman–Crippen LogP) is 4.58. The van der Waals surface area contributed by atoms with Crippen LogP contribution in [0.3, 0.4) is 0 Å². The van der Waals surface area contributed by atoms with Gasteiger partial charge in [-0.2, -0.15) is 0 Å². The van der Waals surface area contributed by atoms with Crippen LogP contribution in [-0.2, 0) is 0 Å². The Morgan fingerprint density at radius 1 is 1.24 bits per heavy atom. The second kappa shape index (κ2) is 7.58. The molecule has 7 heteroatoms. The minimum atomic E-state index is -0.296. The van der Waals surface area contributed by atoms with E-state index in [1.54, 1.807) is 31.2 Å². The molecule has 0 aliphatic carbocycles. The van der Waals surface area contributed by atoms with E-state index in [-0.39, 0.29) is 5.91 Å². The van der Waals surface area contributed by atoms with Gasteiger partial charge < -0.3 is 10.2 Å². The molecule has 0 spiro atoms. The van der Waals surface area contributed by atoms with Crippen molar-refractivity contribution in [2.75, 3.05) is 23.3 Å². The summed E-state index contributed by atoms with van der Waals surface area (Å²) in [4.78, 5) is 23.6. The van der Waals surface area contributed by atoms with Crippen molar-refractivity contribution in [3.8, 4) is 0 Å². The largest absolute Gasteiger partial charge is 0.356 e. The van der Waals surface area contributed by atoms with E-state index in [4.69, 9.17) is 23.2 Å². The summed E-state index contributed by atoms with van der Waals surface area (Å²) in [7, 11) is 0. The highest BCUT2D eigenvalue weighted by Crippen LogP contribution is 2.26. The summed E-state index contributed by atoms with van der Waals surface area (Å²) in [6.07, 6.45) is 2.36. The Morgan fingerprint density at radius 2 is 2.04 bits per heavy atom. The first-order valence-electron chi connectivity index (χ1n) is 8.29. The van der Waals surface area contributed by atoms with Crippen molar-refractivity contribution in [3.63, 3.8) is 0 Å². The van der Waals surface area contributed by atoms with Crippen LogP contribution >= 0.6 is 23.2 Å². The van der Waals surface area contributed by atoms with Crippen LogP contribution in [0, 0.1) is 12.8 Å². The number of piperidine rings is 1. The summed E-state index contributed by atoms with van der Waals surface area (Å²) in [6.45, 7) is 5.93. The van der Waals surface area contributed by atoms with Crippen molar-refractivity contribution in [2.45, 2.75) is 26.7 Å². The Morgan fingerprint density at radius 3 is 2.76 bits per heavy atom. The minimum absolute atomic E-state index is 0.296. The van der Waals surface area contributed by atoms with E-state index in [2.05, 4.69) is 27.1 Å². The van der Waals surface area contributed by atoms with Crippen LogP contribution in [0.15, 0.2) is 24.3 Å². The number of amides is 1. The van der Waals surface area contributed by atoms with Crippen LogP contribution < -0.4 is 10.2 Å². The molecule has 1 atom stereocenters. The van der Waals surface area contributed by atoms with Gasteiger partial charge in [0.15, 0.2) is 0 Å². The van der Waals surface area contributed by atoms with Gasteiger partial charge in [-0.25, -0.2) is 9.97 Å². The maximum absolute atomic E-state index is 12.6. The number of carbonyl (C=O) groups excluding carboxylic acids is 1. The second-order valence-corrected chi connectivity index (χ2v) is 7.25. The van der Waals surface area contributed by atoms with Crippen molar-refractivity contribution in [3.05, 3.63) is 45.8 Å². The van der Waals surface area contributed by atoms with E-state index in [1.807, 2.05) is 0 Å². The maximum Gasteiger partial charge on any atom is 0.274 e. The van der Waals surface area contributed by atoms with Crippen molar-refractivity contribution in [1.29, 1.82) is 0 Å². The third-order valence-corrected chi connectivity index (χ3v) is 4.95. The van der Waals surface area contributed by atoms with Gasteiger partial charge in [0, 0.05) is 24.8 Å². The van der Waals surface area contributed by atoms with E-state index in [9.17, 15) is 4.79 Å². The molecule has 1 amide bonds. The molecule has 1 aliphatic heterocycles. The zero-order valence-electron chi connectivity index (χ0n) is 14.2. The molecule has 1 aliphatic rings. The zero-order valence-corrected chi connectivity index (χ0v) is 15.7. The lowest BCUT2D eigenvalue weighted by molar-refractivity contribution is 0.102. The van der Waals surface area contributed by atoms with Gasteiger partial charge >= 0.3 is 0 Å². The first-order valence-corrected chi connectivity index (χ1v) is 9.05. The van der Waals surface area contributed by atoms with Crippen molar-refractivity contribution in [1.82, 2.24) is 9.97 Å². The molecule has 5 nitrogen and oxygen atoms in total. The Bertz CT molecular complexity index is 797. The van der Waals surface area contributed by atoms with Gasteiger partial charge in [-0.3, -0.25) is 4.79 Å². The molecule has 0 bridgehead atoms. The summed E-state index contributed by atoms with van der Waals surface area (Å²) in [5.74, 6) is 1.71. The molecule has 0 saturated carbocycles. The molecule has 1 unspecified atom stereocenters. The molecule has 1 aromatic heterocycles. The zero-order chi connectivity index (χ0) is 18.0. The van der Waals surface area contributed by atoms with E-state index < -0.39 is 0 Å². The highest BCUT2D eigenvalue weighted by Gasteiger charge is 2.20. The minimum Gasteiger partial charge on any atom is -0.356 e. The molecule has 2 aromatic rings. The topological polar surface area (TPSA) is 58.1 Å². The van der Waals surface area contributed by atoms with Crippen molar-refractivity contribution >= 4 is 40.6 Å². The SMILES string of the molecule is Cc1nc(C(=O)Nc2ccc(Cl)c(Cl)c2)cc(N2CCCC(C)C2)n1. The van der Waals surface area contributed by atoms with Crippen molar-refractivity contribution in [2.24, 2.45) is 5.92 Å². The average molecular weight is 379 g/mol.